The van der Waals surface area contributed by atoms with E-state index in [-0.39, 0.29) is 11.6 Å². The summed E-state index contributed by atoms with van der Waals surface area (Å²) in [4.78, 5) is 10.1. The SMILES string of the molecule is O=[N+]([O-])c1[nH]ncc1OCCC1CCCCN1. The van der Waals surface area contributed by atoms with Crippen LogP contribution < -0.4 is 10.1 Å². The van der Waals surface area contributed by atoms with Crippen molar-refractivity contribution in [1.29, 1.82) is 0 Å². The van der Waals surface area contributed by atoms with Gasteiger partial charge in [0, 0.05) is 6.04 Å². The number of piperidine rings is 1. The predicted molar refractivity (Wildman–Crippen MR) is 61.0 cm³/mol. The number of nitro groups is 1. The highest BCUT2D eigenvalue weighted by atomic mass is 16.6. The van der Waals surface area contributed by atoms with E-state index in [9.17, 15) is 10.1 Å². The molecule has 7 nitrogen and oxygen atoms in total. The third kappa shape index (κ3) is 3.16. The van der Waals surface area contributed by atoms with Gasteiger partial charge >= 0.3 is 5.82 Å². The summed E-state index contributed by atoms with van der Waals surface area (Å²) in [7, 11) is 0. The summed E-state index contributed by atoms with van der Waals surface area (Å²) in [6, 6.07) is 0.467. The van der Waals surface area contributed by atoms with Gasteiger partial charge in [0.25, 0.3) is 0 Å². The van der Waals surface area contributed by atoms with Crippen LogP contribution in [0.4, 0.5) is 5.82 Å². The van der Waals surface area contributed by atoms with Crippen LogP contribution in [0.25, 0.3) is 0 Å². The third-order valence-corrected chi connectivity index (χ3v) is 2.90. The number of hydrogen-bond acceptors (Lipinski definition) is 5. The molecule has 0 aromatic carbocycles. The van der Waals surface area contributed by atoms with E-state index in [4.69, 9.17) is 4.74 Å². The summed E-state index contributed by atoms with van der Waals surface area (Å²) in [5.74, 6) is 0.0346. The molecule has 1 fully saturated rings. The van der Waals surface area contributed by atoms with Gasteiger partial charge in [0.15, 0.2) is 0 Å². The highest BCUT2D eigenvalue weighted by Gasteiger charge is 2.17. The monoisotopic (exact) mass is 240 g/mol. The molecule has 1 unspecified atom stereocenters. The normalized spacial score (nSPS) is 20.1. The maximum atomic E-state index is 10.6. The number of ether oxygens (including phenoxy) is 1. The van der Waals surface area contributed by atoms with Crippen molar-refractivity contribution in [3.8, 4) is 5.75 Å². The summed E-state index contributed by atoms with van der Waals surface area (Å²) >= 11 is 0. The Balaban J connectivity index is 1.77. The first-order valence-electron chi connectivity index (χ1n) is 5.81. The topological polar surface area (TPSA) is 93.1 Å². The molecule has 1 aromatic heterocycles. The summed E-state index contributed by atoms with van der Waals surface area (Å²) in [6.07, 6.45) is 5.82. The Bertz CT molecular complexity index is 373. The highest BCUT2D eigenvalue weighted by molar-refractivity contribution is 5.36. The molecule has 94 valence electrons. The molecule has 1 saturated heterocycles. The lowest BCUT2D eigenvalue weighted by Crippen LogP contribution is -2.35. The molecule has 2 heterocycles. The fourth-order valence-electron chi connectivity index (χ4n) is 1.99. The molecule has 2 rings (SSSR count). The number of rotatable bonds is 5. The average Bonchev–Trinajstić information content (AvgIpc) is 2.79. The molecule has 1 aliphatic rings. The van der Waals surface area contributed by atoms with Gasteiger partial charge < -0.3 is 20.2 Å². The summed E-state index contributed by atoms with van der Waals surface area (Å²) in [6.45, 7) is 1.52. The van der Waals surface area contributed by atoms with Gasteiger partial charge in [-0.3, -0.25) is 0 Å². The predicted octanol–water partition coefficient (Wildman–Crippen LogP) is 1.23. The second kappa shape index (κ2) is 5.62. The lowest BCUT2D eigenvalue weighted by atomic mass is 10.0. The first-order chi connectivity index (χ1) is 8.27. The molecule has 1 atom stereocenters. The van der Waals surface area contributed by atoms with Gasteiger partial charge in [-0.2, -0.15) is 0 Å². The van der Waals surface area contributed by atoms with Crippen LogP contribution in [0, 0.1) is 10.1 Å². The van der Waals surface area contributed by atoms with Crippen molar-refractivity contribution in [2.75, 3.05) is 13.2 Å². The summed E-state index contributed by atoms with van der Waals surface area (Å²) in [5, 5.41) is 19.9. The van der Waals surface area contributed by atoms with Crippen molar-refractivity contribution >= 4 is 5.82 Å². The molecular weight excluding hydrogens is 224 g/mol. The maximum Gasteiger partial charge on any atom is 0.385 e. The zero-order valence-electron chi connectivity index (χ0n) is 9.52. The lowest BCUT2D eigenvalue weighted by molar-refractivity contribution is -0.390. The van der Waals surface area contributed by atoms with Crippen molar-refractivity contribution < 1.29 is 9.66 Å². The Morgan fingerprint density at radius 2 is 2.47 bits per heavy atom. The quantitative estimate of drug-likeness (QED) is 0.596. The van der Waals surface area contributed by atoms with Crippen molar-refractivity contribution in [2.24, 2.45) is 0 Å². The van der Waals surface area contributed by atoms with E-state index in [1.165, 1.54) is 19.0 Å². The number of H-pyrrole nitrogens is 1. The van der Waals surface area contributed by atoms with Crippen molar-refractivity contribution in [2.45, 2.75) is 31.7 Å². The molecular formula is C10H16N4O3. The number of aromatic nitrogens is 2. The Hall–Kier alpha value is -1.63. The van der Waals surface area contributed by atoms with Crippen LogP contribution in [0.5, 0.6) is 5.75 Å². The van der Waals surface area contributed by atoms with Crippen LogP contribution in [0.3, 0.4) is 0 Å². The van der Waals surface area contributed by atoms with E-state index < -0.39 is 4.92 Å². The smallest absolute Gasteiger partial charge is 0.385 e. The van der Waals surface area contributed by atoms with Crippen molar-refractivity contribution in [1.82, 2.24) is 15.5 Å². The minimum Gasteiger partial charge on any atom is -0.485 e. The molecule has 0 spiro atoms. The number of nitrogens with one attached hydrogen (secondary N) is 2. The fraction of sp³-hybridized carbons (Fsp3) is 0.700. The Morgan fingerprint density at radius 1 is 1.59 bits per heavy atom. The zero-order valence-corrected chi connectivity index (χ0v) is 9.52. The van der Waals surface area contributed by atoms with Crippen LogP contribution in [0.15, 0.2) is 6.20 Å². The standard InChI is InChI=1S/C10H16N4O3/c15-14(16)10-9(7-12-13-10)17-6-4-8-3-1-2-5-11-8/h7-8,11H,1-6H2,(H,12,13). The van der Waals surface area contributed by atoms with Gasteiger partial charge in [0.2, 0.25) is 5.75 Å². The molecule has 0 aliphatic carbocycles. The largest absolute Gasteiger partial charge is 0.485 e. The van der Waals surface area contributed by atoms with E-state index in [1.54, 1.807) is 0 Å². The van der Waals surface area contributed by atoms with Gasteiger partial charge in [-0.05, 0) is 30.7 Å². The molecule has 0 amide bonds. The lowest BCUT2D eigenvalue weighted by Gasteiger charge is -2.23. The van der Waals surface area contributed by atoms with Crippen LogP contribution in [0.1, 0.15) is 25.7 Å². The zero-order chi connectivity index (χ0) is 12.1. The van der Waals surface area contributed by atoms with E-state index in [0.717, 1.165) is 19.4 Å². The van der Waals surface area contributed by atoms with Gasteiger partial charge in [-0.25, -0.2) is 0 Å². The van der Waals surface area contributed by atoms with Gasteiger partial charge in [0.1, 0.15) is 6.20 Å². The van der Waals surface area contributed by atoms with E-state index >= 15 is 0 Å². The fourth-order valence-corrected chi connectivity index (χ4v) is 1.99. The highest BCUT2D eigenvalue weighted by Crippen LogP contribution is 2.23. The maximum absolute atomic E-state index is 10.6. The average molecular weight is 240 g/mol. The molecule has 7 heteroatoms. The van der Waals surface area contributed by atoms with Crippen LogP contribution in [-0.4, -0.2) is 34.3 Å². The van der Waals surface area contributed by atoms with E-state index in [1.807, 2.05) is 0 Å². The summed E-state index contributed by atoms with van der Waals surface area (Å²) < 4.78 is 5.37. The molecule has 0 radical (unpaired) electrons. The molecule has 1 aliphatic heterocycles. The van der Waals surface area contributed by atoms with E-state index in [0.29, 0.717) is 12.6 Å². The molecule has 0 saturated carbocycles. The minimum atomic E-state index is -0.527. The Kier molecular flexibility index (Phi) is 3.92. The number of aromatic amines is 1. The molecule has 0 bridgehead atoms. The van der Waals surface area contributed by atoms with Crippen LogP contribution in [0.2, 0.25) is 0 Å². The van der Waals surface area contributed by atoms with Crippen LogP contribution in [-0.2, 0) is 0 Å². The number of hydrogen-bond donors (Lipinski definition) is 2. The van der Waals surface area contributed by atoms with Crippen molar-refractivity contribution in [3.63, 3.8) is 0 Å². The molecule has 17 heavy (non-hydrogen) atoms. The second-order valence-electron chi connectivity index (χ2n) is 4.12. The van der Waals surface area contributed by atoms with Gasteiger partial charge in [-0.15, -0.1) is 5.10 Å². The first kappa shape index (κ1) is 11.8. The van der Waals surface area contributed by atoms with Gasteiger partial charge in [-0.1, -0.05) is 11.5 Å². The minimum absolute atomic E-state index is 0.179. The molecule has 2 N–H and O–H groups in total. The van der Waals surface area contributed by atoms with Crippen molar-refractivity contribution in [3.05, 3.63) is 16.3 Å². The molecule has 1 aromatic rings. The van der Waals surface area contributed by atoms with Crippen LogP contribution >= 0.6 is 0 Å². The first-order valence-corrected chi connectivity index (χ1v) is 5.81. The Labute approximate surface area is 98.7 Å². The number of nitrogens with zero attached hydrogens (tertiary/aromatic N) is 2. The van der Waals surface area contributed by atoms with Gasteiger partial charge in [0.05, 0.1) is 6.61 Å². The van der Waals surface area contributed by atoms with E-state index in [2.05, 4.69) is 15.5 Å². The second-order valence-corrected chi connectivity index (χ2v) is 4.12. The Morgan fingerprint density at radius 3 is 3.18 bits per heavy atom. The third-order valence-electron chi connectivity index (χ3n) is 2.90. The summed E-state index contributed by atoms with van der Waals surface area (Å²) in [5.41, 5.74) is 0.